The van der Waals surface area contributed by atoms with Crippen LogP contribution in [0.15, 0.2) is 18.3 Å². The van der Waals surface area contributed by atoms with E-state index in [0.29, 0.717) is 13.0 Å². The highest BCUT2D eigenvalue weighted by Crippen LogP contribution is 2.38. The molecule has 2 N–H and O–H groups in total. The second kappa shape index (κ2) is 5.73. The summed E-state index contributed by atoms with van der Waals surface area (Å²) < 4.78 is 0. The van der Waals surface area contributed by atoms with E-state index in [1.54, 1.807) is 0 Å². The third kappa shape index (κ3) is 3.09. The van der Waals surface area contributed by atoms with Gasteiger partial charge >= 0.3 is 0 Å². The number of nitrogens with zero attached hydrogens (tertiary/aromatic N) is 2. The lowest BCUT2D eigenvalue weighted by atomic mass is 9.71. The molecule has 2 aliphatic heterocycles. The smallest absolute Gasteiger partial charge is 0.226 e. The second-order valence-corrected chi connectivity index (χ2v) is 6.43. The number of carbonyl (C=O) groups excluding carboxylic acids is 1. The van der Waals surface area contributed by atoms with Crippen molar-refractivity contribution in [1.29, 1.82) is 0 Å². The van der Waals surface area contributed by atoms with Gasteiger partial charge in [0, 0.05) is 25.0 Å². The van der Waals surface area contributed by atoms with E-state index in [1.807, 2.05) is 19.2 Å². The standard InChI is InChI=1S/C16H23N3O2/c1-12-2-3-13(9-17-12)11-19-6-4-16(5-7-19)8-14(20)10-18-15(16)21/h2-3,9,14,20H,4-8,10-11H2,1H3,(H,18,21). The molecule has 0 aliphatic carbocycles. The maximum Gasteiger partial charge on any atom is 0.226 e. The first-order valence-corrected chi connectivity index (χ1v) is 7.68. The topological polar surface area (TPSA) is 65.5 Å². The van der Waals surface area contributed by atoms with Crippen molar-refractivity contribution in [2.45, 2.75) is 38.8 Å². The summed E-state index contributed by atoms with van der Waals surface area (Å²) >= 11 is 0. The molecule has 0 bridgehead atoms. The molecule has 5 nitrogen and oxygen atoms in total. The number of aliphatic hydroxyl groups is 1. The fraction of sp³-hybridized carbons (Fsp3) is 0.625. The summed E-state index contributed by atoms with van der Waals surface area (Å²) in [6.07, 6.45) is 3.80. The Balaban J connectivity index is 1.59. The molecule has 0 radical (unpaired) electrons. The number of rotatable bonds is 2. The lowest BCUT2D eigenvalue weighted by Gasteiger charge is -2.44. The second-order valence-electron chi connectivity index (χ2n) is 6.43. The fourth-order valence-corrected chi connectivity index (χ4v) is 3.43. The summed E-state index contributed by atoms with van der Waals surface area (Å²) in [7, 11) is 0. The molecule has 3 rings (SSSR count). The molecule has 0 aromatic carbocycles. The van der Waals surface area contributed by atoms with Crippen LogP contribution in [0.4, 0.5) is 0 Å². The molecule has 1 spiro atoms. The number of nitrogens with one attached hydrogen (secondary N) is 1. The third-order valence-corrected chi connectivity index (χ3v) is 4.80. The highest BCUT2D eigenvalue weighted by Gasteiger charge is 2.45. The normalized spacial score (nSPS) is 25.8. The Morgan fingerprint density at radius 2 is 2.19 bits per heavy atom. The van der Waals surface area contributed by atoms with Crippen LogP contribution < -0.4 is 5.32 Å². The fourth-order valence-electron chi connectivity index (χ4n) is 3.43. The Morgan fingerprint density at radius 3 is 2.86 bits per heavy atom. The van der Waals surface area contributed by atoms with Gasteiger partial charge in [-0.3, -0.25) is 14.7 Å². The number of piperidine rings is 2. The van der Waals surface area contributed by atoms with Crippen LogP contribution in [0, 0.1) is 12.3 Å². The number of aliphatic hydroxyl groups excluding tert-OH is 1. The summed E-state index contributed by atoms with van der Waals surface area (Å²) in [5.41, 5.74) is 1.90. The summed E-state index contributed by atoms with van der Waals surface area (Å²) in [5, 5.41) is 12.7. The van der Waals surface area contributed by atoms with Crippen molar-refractivity contribution in [3.8, 4) is 0 Å². The molecule has 2 fully saturated rings. The number of β-amino-alcohol motifs (C(OH)–C–C–N with tert-alkyl or cyclic N) is 1. The Kier molecular flexibility index (Phi) is 3.95. The third-order valence-electron chi connectivity index (χ3n) is 4.80. The number of hydrogen-bond donors (Lipinski definition) is 2. The molecule has 3 heterocycles. The van der Waals surface area contributed by atoms with E-state index in [2.05, 4.69) is 21.3 Å². The number of amides is 1. The van der Waals surface area contributed by atoms with Gasteiger partial charge in [0.1, 0.15) is 0 Å². The molecular formula is C16H23N3O2. The molecule has 1 unspecified atom stereocenters. The zero-order valence-corrected chi connectivity index (χ0v) is 12.5. The van der Waals surface area contributed by atoms with Crippen molar-refractivity contribution in [3.63, 3.8) is 0 Å². The van der Waals surface area contributed by atoms with Gasteiger partial charge in [-0.2, -0.15) is 0 Å². The SMILES string of the molecule is Cc1ccc(CN2CCC3(CC2)CC(O)CNC3=O)cn1. The number of likely N-dealkylation sites (tertiary alicyclic amines) is 1. The predicted molar refractivity (Wildman–Crippen MR) is 79.6 cm³/mol. The Bertz CT molecular complexity index is 507. The van der Waals surface area contributed by atoms with E-state index in [-0.39, 0.29) is 11.3 Å². The summed E-state index contributed by atoms with van der Waals surface area (Å²) in [6.45, 7) is 5.07. The number of aromatic nitrogens is 1. The molecule has 2 aliphatic rings. The maximum atomic E-state index is 12.2. The molecular weight excluding hydrogens is 266 g/mol. The molecule has 114 valence electrons. The quantitative estimate of drug-likeness (QED) is 0.847. The minimum Gasteiger partial charge on any atom is -0.391 e. The van der Waals surface area contributed by atoms with Gasteiger partial charge in [0.25, 0.3) is 0 Å². The number of hydrogen-bond acceptors (Lipinski definition) is 4. The first-order valence-electron chi connectivity index (χ1n) is 7.68. The lowest BCUT2D eigenvalue weighted by Crippen LogP contribution is -2.55. The van der Waals surface area contributed by atoms with Crippen molar-refractivity contribution < 1.29 is 9.90 Å². The van der Waals surface area contributed by atoms with E-state index >= 15 is 0 Å². The molecule has 1 aromatic rings. The first kappa shape index (κ1) is 14.5. The monoisotopic (exact) mass is 289 g/mol. The molecule has 1 atom stereocenters. The Morgan fingerprint density at radius 1 is 1.43 bits per heavy atom. The van der Waals surface area contributed by atoms with Crippen molar-refractivity contribution >= 4 is 5.91 Å². The van der Waals surface area contributed by atoms with E-state index in [9.17, 15) is 9.90 Å². The number of pyridine rings is 1. The van der Waals surface area contributed by atoms with Crippen LogP contribution in [-0.4, -0.2) is 46.6 Å². The maximum absolute atomic E-state index is 12.2. The van der Waals surface area contributed by atoms with Crippen LogP contribution in [0.25, 0.3) is 0 Å². The summed E-state index contributed by atoms with van der Waals surface area (Å²) in [4.78, 5) is 18.9. The van der Waals surface area contributed by atoms with Crippen LogP contribution in [0.2, 0.25) is 0 Å². The molecule has 0 saturated carbocycles. The van der Waals surface area contributed by atoms with Gasteiger partial charge in [0.2, 0.25) is 5.91 Å². The van der Waals surface area contributed by atoms with Gasteiger partial charge in [-0.25, -0.2) is 0 Å². The van der Waals surface area contributed by atoms with E-state index in [0.717, 1.165) is 38.2 Å². The zero-order chi connectivity index (χ0) is 14.9. The Hall–Kier alpha value is -1.46. The minimum absolute atomic E-state index is 0.129. The van der Waals surface area contributed by atoms with Crippen molar-refractivity contribution in [3.05, 3.63) is 29.6 Å². The van der Waals surface area contributed by atoms with Crippen LogP contribution in [0.1, 0.15) is 30.5 Å². The number of aryl methyl sites for hydroxylation is 1. The van der Waals surface area contributed by atoms with E-state index in [1.165, 1.54) is 5.56 Å². The predicted octanol–water partition coefficient (Wildman–Crippen LogP) is 0.853. The first-order chi connectivity index (χ1) is 10.1. The van der Waals surface area contributed by atoms with Gasteiger partial charge < -0.3 is 10.4 Å². The molecule has 1 amide bonds. The van der Waals surface area contributed by atoms with Crippen molar-refractivity contribution in [2.24, 2.45) is 5.41 Å². The van der Waals surface area contributed by atoms with Crippen LogP contribution in [0.3, 0.4) is 0 Å². The van der Waals surface area contributed by atoms with Crippen molar-refractivity contribution in [1.82, 2.24) is 15.2 Å². The summed E-state index contributed by atoms with van der Waals surface area (Å²) in [5.74, 6) is 0.129. The molecule has 2 saturated heterocycles. The molecule has 21 heavy (non-hydrogen) atoms. The van der Waals surface area contributed by atoms with E-state index in [4.69, 9.17) is 0 Å². The average molecular weight is 289 g/mol. The minimum atomic E-state index is -0.393. The highest BCUT2D eigenvalue weighted by atomic mass is 16.3. The van der Waals surface area contributed by atoms with Crippen molar-refractivity contribution in [2.75, 3.05) is 19.6 Å². The van der Waals surface area contributed by atoms with E-state index < -0.39 is 6.10 Å². The van der Waals surface area contributed by atoms with Gasteiger partial charge in [-0.05, 0) is 50.9 Å². The molecule has 5 heteroatoms. The van der Waals surface area contributed by atoms with Gasteiger partial charge in [-0.1, -0.05) is 6.07 Å². The Labute approximate surface area is 125 Å². The van der Waals surface area contributed by atoms with Gasteiger partial charge in [0.15, 0.2) is 0 Å². The summed E-state index contributed by atoms with van der Waals surface area (Å²) in [6, 6.07) is 4.15. The largest absolute Gasteiger partial charge is 0.391 e. The van der Waals surface area contributed by atoms with Crippen LogP contribution >= 0.6 is 0 Å². The van der Waals surface area contributed by atoms with Gasteiger partial charge in [-0.15, -0.1) is 0 Å². The highest BCUT2D eigenvalue weighted by molar-refractivity contribution is 5.83. The molecule has 1 aromatic heterocycles. The van der Waals surface area contributed by atoms with Crippen LogP contribution in [-0.2, 0) is 11.3 Å². The lowest BCUT2D eigenvalue weighted by molar-refractivity contribution is -0.141. The van der Waals surface area contributed by atoms with Gasteiger partial charge in [0.05, 0.1) is 11.5 Å². The zero-order valence-electron chi connectivity index (χ0n) is 12.5. The number of carbonyl (C=O) groups is 1. The average Bonchev–Trinajstić information content (AvgIpc) is 2.48. The van der Waals surface area contributed by atoms with Crippen LogP contribution in [0.5, 0.6) is 0 Å².